The van der Waals surface area contributed by atoms with Gasteiger partial charge in [-0.2, -0.15) is 0 Å². The first-order valence-electron chi connectivity index (χ1n) is 16.9. The number of fused-ring (bicyclic) bond motifs is 3. The lowest BCUT2D eigenvalue weighted by atomic mass is 9.87. The Kier molecular flexibility index (Phi) is 9.77. The van der Waals surface area contributed by atoms with Crippen LogP contribution in [0.5, 0.6) is 0 Å². The number of alkyl halides is 2. The highest BCUT2D eigenvalue weighted by Crippen LogP contribution is 2.44. The van der Waals surface area contributed by atoms with Gasteiger partial charge in [0.05, 0.1) is 23.4 Å². The number of amides is 1. The van der Waals surface area contributed by atoms with E-state index in [9.17, 15) is 31.2 Å². The average molecular weight is 704 g/mol. The molecule has 10 nitrogen and oxygen atoms in total. The maximum atomic E-state index is 14.4. The number of anilines is 1. The Bertz CT molecular complexity index is 1840. The largest absolute Gasteiger partial charge is 0.461 e. The number of likely N-dealkylation sites (tertiary alicyclic amines) is 1. The Morgan fingerprint density at radius 1 is 1.04 bits per heavy atom. The van der Waals surface area contributed by atoms with Crippen LogP contribution in [-0.2, 0) is 26.0 Å². The number of aromatic nitrogens is 1. The number of esters is 1. The van der Waals surface area contributed by atoms with Crippen LogP contribution >= 0.6 is 0 Å². The normalized spacial score (nSPS) is 23.1. The number of nitrogens with two attached hydrogens (primary N) is 1. The van der Waals surface area contributed by atoms with Crippen molar-refractivity contribution >= 4 is 38.5 Å². The van der Waals surface area contributed by atoms with Crippen LogP contribution in [0.3, 0.4) is 0 Å². The van der Waals surface area contributed by atoms with Gasteiger partial charge < -0.3 is 26.0 Å². The highest BCUT2D eigenvalue weighted by atomic mass is 32.2. The van der Waals surface area contributed by atoms with Gasteiger partial charge >= 0.3 is 5.97 Å². The number of piperidine rings is 1. The third kappa shape index (κ3) is 7.91. The molecule has 0 atom stereocenters. The van der Waals surface area contributed by atoms with E-state index in [1.165, 1.54) is 16.1 Å². The summed E-state index contributed by atoms with van der Waals surface area (Å²) in [5.41, 5.74) is 8.23. The molecule has 3 aromatic rings. The summed E-state index contributed by atoms with van der Waals surface area (Å²) >= 11 is 0. The Balaban J connectivity index is 1.11. The van der Waals surface area contributed by atoms with Crippen LogP contribution in [-0.4, -0.2) is 85.7 Å². The molecular weight excluding hydrogens is 659 g/mol. The molecule has 0 bridgehead atoms. The molecule has 1 aromatic heterocycles. The number of hydrogen-bond acceptors (Lipinski definition) is 8. The molecule has 1 saturated carbocycles. The van der Waals surface area contributed by atoms with Crippen molar-refractivity contribution in [2.24, 2.45) is 11.1 Å². The Morgan fingerprint density at radius 2 is 1.76 bits per heavy atom. The number of carbonyl (C=O) groups excluding carboxylic acids is 2. The fourth-order valence-corrected chi connectivity index (χ4v) is 9.65. The molecule has 14 heteroatoms. The second-order valence-corrected chi connectivity index (χ2v) is 16.3. The zero-order valence-corrected chi connectivity index (χ0v) is 28.7. The molecular formula is C35H44F3N5O5S. The number of carbonyl (C=O) groups is 2. The lowest BCUT2D eigenvalue weighted by Gasteiger charge is -2.32. The Morgan fingerprint density at radius 3 is 2.45 bits per heavy atom. The number of halogens is 3. The predicted octanol–water partition coefficient (Wildman–Crippen LogP) is 4.89. The second-order valence-electron chi connectivity index (χ2n) is 14.5. The number of ether oxygens (including phenoxy) is 1. The SMILES string of the molecule is CC1(C)Cc2c(-c3ccc(C(N)=O)c(NC4CCC(OC(=O)CNCCN5CCC(F)(F)CC5)CC4)c3)c3ccc(F)cc3n2S(=O)(=O)C1. The van der Waals surface area contributed by atoms with Crippen molar-refractivity contribution in [3.05, 3.63) is 53.5 Å². The van der Waals surface area contributed by atoms with Crippen LogP contribution < -0.4 is 16.4 Å². The molecule has 3 aliphatic rings. The molecule has 0 radical (unpaired) electrons. The summed E-state index contributed by atoms with van der Waals surface area (Å²) in [6.45, 7) is 5.62. The Labute approximate surface area is 284 Å². The van der Waals surface area contributed by atoms with E-state index in [1.54, 1.807) is 24.3 Å². The van der Waals surface area contributed by atoms with E-state index in [0.717, 1.165) is 0 Å². The van der Waals surface area contributed by atoms with E-state index >= 15 is 0 Å². The van der Waals surface area contributed by atoms with E-state index < -0.39 is 33.1 Å². The summed E-state index contributed by atoms with van der Waals surface area (Å²) in [5.74, 6) is -4.16. The smallest absolute Gasteiger partial charge is 0.320 e. The summed E-state index contributed by atoms with van der Waals surface area (Å²) in [6.07, 6.45) is 2.51. The molecule has 1 saturated heterocycles. The van der Waals surface area contributed by atoms with E-state index in [2.05, 4.69) is 10.6 Å². The summed E-state index contributed by atoms with van der Waals surface area (Å²) in [5, 5.41) is 7.11. The average Bonchev–Trinajstić information content (AvgIpc) is 3.33. The van der Waals surface area contributed by atoms with Gasteiger partial charge in [-0.1, -0.05) is 19.9 Å². The molecule has 6 rings (SSSR count). The number of nitrogens with zero attached hydrogens (tertiary/aromatic N) is 2. The van der Waals surface area contributed by atoms with Gasteiger partial charge in [0.15, 0.2) is 0 Å². The zero-order valence-electron chi connectivity index (χ0n) is 27.9. The summed E-state index contributed by atoms with van der Waals surface area (Å²) in [4.78, 5) is 26.9. The van der Waals surface area contributed by atoms with Crippen LogP contribution in [0, 0.1) is 11.2 Å². The summed E-state index contributed by atoms with van der Waals surface area (Å²) in [6, 6.07) is 9.30. The van der Waals surface area contributed by atoms with E-state index in [1.807, 2.05) is 18.7 Å². The van der Waals surface area contributed by atoms with Crippen LogP contribution in [0.1, 0.15) is 68.4 Å². The van der Waals surface area contributed by atoms with Gasteiger partial charge in [0, 0.05) is 67.4 Å². The number of benzene rings is 2. The van der Waals surface area contributed by atoms with Crippen LogP contribution in [0.15, 0.2) is 36.4 Å². The van der Waals surface area contributed by atoms with Gasteiger partial charge in [0.25, 0.3) is 11.8 Å². The van der Waals surface area contributed by atoms with Gasteiger partial charge in [0.1, 0.15) is 11.9 Å². The molecule has 2 aliphatic heterocycles. The fourth-order valence-electron chi connectivity index (χ4n) is 7.49. The van der Waals surface area contributed by atoms with Crippen LogP contribution in [0.2, 0.25) is 0 Å². The van der Waals surface area contributed by atoms with Gasteiger partial charge in [-0.15, -0.1) is 0 Å². The van der Waals surface area contributed by atoms with Crippen molar-refractivity contribution in [2.75, 3.05) is 43.8 Å². The van der Waals surface area contributed by atoms with Crippen LogP contribution in [0.4, 0.5) is 18.9 Å². The summed E-state index contributed by atoms with van der Waals surface area (Å²) < 4.78 is 75.0. The summed E-state index contributed by atoms with van der Waals surface area (Å²) in [7, 11) is -3.77. The standard InChI is InChI=1S/C35H44F3N5O5S/c1-34(2)19-30-32(27-10-4-23(36)18-29(27)43(30)49(46,47)21-34)22-3-9-26(33(39)45)28(17-22)41-24-5-7-25(8-6-24)48-31(44)20-40-13-16-42-14-11-35(37,38)12-15-42/h3-4,9-10,17-18,24-25,40-41H,5-8,11-16,19-21H2,1-2H3,(H2,39,45). The fraction of sp³-hybridized carbons (Fsp3) is 0.543. The zero-order chi connectivity index (χ0) is 35.1. The quantitative estimate of drug-likeness (QED) is 0.201. The van der Waals surface area contributed by atoms with Gasteiger partial charge in [-0.3, -0.25) is 9.59 Å². The topological polar surface area (TPSA) is 136 Å². The number of rotatable bonds is 10. The molecule has 1 aliphatic carbocycles. The second kappa shape index (κ2) is 13.6. The van der Waals surface area contributed by atoms with Gasteiger partial charge in [-0.05, 0) is 73.4 Å². The molecule has 266 valence electrons. The maximum absolute atomic E-state index is 14.4. The first kappa shape index (κ1) is 35.2. The van der Waals surface area contributed by atoms with Gasteiger partial charge in [-0.25, -0.2) is 25.6 Å². The van der Waals surface area contributed by atoms with E-state index in [0.29, 0.717) is 86.2 Å². The highest BCUT2D eigenvalue weighted by molar-refractivity contribution is 7.90. The molecule has 2 aromatic carbocycles. The van der Waals surface area contributed by atoms with Crippen molar-refractivity contribution in [1.82, 2.24) is 14.2 Å². The van der Waals surface area contributed by atoms with E-state index in [-0.39, 0.29) is 54.3 Å². The lowest BCUT2D eigenvalue weighted by molar-refractivity contribution is -0.149. The third-order valence-corrected chi connectivity index (χ3v) is 12.0. The van der Waals surface area contributed by atoms with Crippen molar-refractivity contribution in [3.8, 4) is 11.1 Å². The Hall–Kier alpha value is -3.62. The number of primary amides is 1. The van der Waals surface area contributed by atoms with Crippen molar-refractivity contribution in [1.29, 1.82) is 0 Å². The minimum Gasteiger partial charge on any atom is -0.461 e. The molecule has 0 unspecified atom stereocenters. The minimum absolute atomic E-state index is 0.0357. The predicted molar refractivity (Wildman–Crippen MR) is 182 cm³/mol. The molecule has 0 spiro atoms. The lowest BCUT2D eigenvalue weighted by Crippen LogP contribution is -2.43. The van der Waals surface area contributed by atoms with Crippen molar-refractivity contribution < 1.29 is 35.9 Å². The molecule has 2 fully saturated rings. The first-order chi connectivity index (χ1) is 23.1. The van der Waals surface area contributed by atoms with Crippen molar-refractivity contribution in [3.63, 3.8) is 0 Å². The third-order valence-electron chi connectivity index (χ3n) is 9.85. The van der Waals surface area contributed by atoms with Crippen LogP contribution in [0.25, 0.3) is 22.0 Å². The number of nitrogens with one attached hydrogen (secondary N) is 2. The molecule has 49 heavy (non-hydrogen) atoms. The first-order valence-corrected chi connectivity index (χ1v) is 18.5. The minimum atomic E-state index is -3.77. The maximum Gasteiger partial charge on any atom is 0.320 e. The molecule has 1 amide bonds. The highest BCUT2D eigenvalue weighted by Gasteiger charge is 2.39. The molecule has 3 heterocycles. The van der Waals surface area contributed by atoms with Crippen molar-refractivity contribution in [2.45, 2.75) is 76.9 Å². The molecule has 4 N–H and O–H groups in total. The number of hydrogen-bond donors (Lipinski definition) is 3. The monoisotopic (exact) mass is 703 g/mol. The van der Waals surface area contributed by atoms with Gasteiger partial charge in [0.2, 0.25) is 10.0 Å². The van der Waals surface area contributed by atoms with E-state index in [4.69, 9.17) is 10.5 Å².